The number of nitrogens with one attached hydrogen (secondary N) is 3. The molecule has 0 aliphatic carbocycles. The molecule has 6 amide bonds. The number of methoxy groups -OCH3 is 2. The van der Waals surface area contributed by atoms with Gasteiger partial charge in [0.25, 0.3) is 0 Å². The Bertz CT molecular complexity index is 3220. The SMILES string of the molecule is CC[C@H](C)[C@@H]([C@@H](CC(=O)N1CCC[C@H]1[C@H](OC)[C@@H](C)C(=O)N[C@H](C)[C@@H](O)c1ccccc1)OC)N(C)C(=O)[C@@H](CC(=O)[C@H](C(C)C)N(C)C(=O)OCc1cc(NC(=O)CCC(=O)CCCOCCOCCOCCOCCOCCOCCOCCONC(=O)OC(C)(C)C)ccc1OC1OC(C)C(C)C(C)C1OC(C)=O)C(C)C. The van der Waals surface area contributed by atoms with Crippen molar-refractivity contribution in [2.75, 3.05) is 139 Å². The summed E-state index contributed by atoms with van der Waals surface area (Å²) in [6.45, 7) is 32.5. The van der Waals surface area contributed by atoms with Crippen molar-refractivity contribution in [2.45, 2.75) is 235 Å². The average molecular weight is 1630 g/mol. The third-order valence-corrected chi connectivity index (χ3v) is 20.9. The van der Waals surface area contributed by atoms with Crippen molar-refractivity contribution in [2.24, 2.45) is 41.4 Å². The van der Waals surface area contributed by atoms with E-state index < -0.39 is 109 Å². The molecule has 2 aliphatic heterocycles. The molecule has 0 spiro atoms. The van der Waals surface area contributed by atoms with E-state index in [1.165, 1.54) is 33.1 Å². The predicted molar refractivity (Wildman–Crippen MR) is 428 cm³/mol. The Hall–Kier alpha value is -7.01. The van der Waals surface area contributed by atoms with Crippen molar-refractivity contribution in [1.82, 2.24) is 25.5 Å². The van der Waals surface area contributed by atoms with Crippen LogP contribution in [0.25, 0.3) is 0 Å². The third kappa shape index (κ3) is 35.6. The molecule has 4 rings (SSSR count). The maximum Gasteiger partial charge on any atom is 0.431 e. The van der Waals surface area contributed by atoms with Gasteiger partial charge in [-0.2, -0.15) is 5.48 Å². The summed E-state index contributed by atoms with van der Waals surface area (Å²) >= 11 is 0. The Morgan fingerprint density at radius 3 is 1.79 bits per heavy atom. The highest BCUT2D eigenvalue weighted by Gasteiger charge is 2.46. The van der Waals surface area contributed by atoms with E-state index in [4.69, 9.17) is 71.2 Å². The summed E-state index contributed by atoms with van der Waals surface area (Å²) in [7, 11) is 6.16. The minimum Gasteiger partial charge on any atom is -0.460 e. The number of ether oxygens (including phenoxy) is 14. The number of aliphatic hydroxyl groups is 1. The summed E-state index contributed by atoms with van der Waals surface area (Å²) in [6, 6.07) is 11.1. The molecule has 2 heterocycles. The number of hydrogen-bond donors (Lipinski definition) is 4. The first-order valence-corrected chi connectivity index (χ1v) is 40.8. The van der Waals surface area contributed by atoms with Crippen LogP contribution in [0.4, 0.5) is 15.3 Å². The van der Waals surface area contributed by atoms with Gasteiger partial charge in [0, 0.05) is 97.2 Å². The number of carbonyl (C=O) groups is 9. The van der Waals surface area contributed by atoms with E-state index in [0.29, 0.717) is 129 Å². The highest BCUT2D eigenvalue weighted by molar-refractivity contribution is 5.94. The van der Waals surface area contributed by atoms with E-state index in [1.54, 1.807) is 95.6 Å². The topological polar surface area (TPSA) is 358 Å². The van der Waals surface area contributed by atoms with Gasteiger partial charge in [-0.1, -0.05) is 99.1 Å². The van der Waals surface area contributed by atoms with E-state index in [9.17, 15) is 43.5 Å². The van der Waals surface area contributed by atoms with Crippen molar-refractivity contribution in [3.8, 4) is 5.75 Å². The molecular weight excluding hydrogens is 1490 g/mol. The lowest BCUT2D eigenvalue weighted by Gasteiger charge is -2.42. The number of anilines is 1. The number of esters is 1. The molecule has 115 heavy (non-hydrogen) atoms. The van der Waals surface area contributed by atoms with E-state index in [1.807, 2.05) is 66.7 Å². The van der Waals surface area contributed by atoms with Gasteiger partial charge in [-0.25, -0.2) is 9.59 Å². The highest BCUT2D eigenvalue weighted by Crippen LogP contribution is 2.37. The molecule has 2 aromatic carbocycles. The highest BCUT2D eigenvalue weighted by atomic mass is 16.7. The lowest BCUT2D eigenvalue weighted by Crippen LogP contribution is -2.55. The number of rotatable bonds is 56. The predicted octanol–water partition coefficient (Wildman–Crippen LogP) is 9.64. The molecule has 654 valence electrons. The summed E-state index contributed by atoms with van der Waals surface area (Å²) < 4.78 is 80.5. The van der Waals surface area contributed by atoms with Crippen LogP contribution in [0.2, 0.25) is 0 Å². The van der Waals surface area contributed by atoms with Crippen LogP contribution >= 0.6 is 0 Å². The van der Waals surface area contributed by atoms with Crippen LogP contribution in [-0.4, -0.2) is 268 Å². The number of likely N-dealkylation sites (tertiary alicyclic amines) is 1. The number of hydroxylamine groups is 1. The van der Waals surface area contributed by atoms with E-state index >= 15 is 4.79 Å². The number of nitrogens with zero attached hydrogens (tertiary/aromatic N) is 3. The van der Waals surface area contributed by atoms with Crippen LogP contribution in [-0.2, 0) is 107 Å². The van der Waals surface area contributed by atoms with Gasteiger partial charge in [-0.15, -0.1) is 0 Å². The second-order valence-electron chi connectivity index (χ2n) is 31.5. The Labute approximate surface area is 682 Å². The van der Waals surface area contributed by atoms with Crippen LogP contribution in [0.15, 0.2) is 48.5 Å². The number of Topliss-reactive ketones (excluding diaryl/α,β-unsaturated/α-hetero) is 2. The molecule has 2 aliphatic rings. The van der Waals surface area contributed by atoms with Gasteiger partial charge in [0.15, 0.2) is 11.9 Å². The van der Waals surface area contributed by atoms with Crippen molar-refractivity contribution in [3.63, 3.8) is 0 Å². The fourth-order valence-electron chi connectivity index (χ4n) is 14.0. The standard InChI is InChI=1S/C84H138N6O25/c1-20-56(6)75(71(101-18)52-73(95)90-34-24-29-68(90)77(102-19)59(9)79(97)85-60(10)76(96)63-26-22-21-23-27-63)88(16)80(98)67(54(2)3)51-69(93)74(55(4)5)89(17)83(100)110-53-64-50-65(30-32-70(64)114-81-78(113-62(12)91)58(8)57(7)61(11)112-81)86-72(94)33-31-66(92)28-25-35-103-36-37-104-38-39-105-40-41-106-42-43-107-44-45-108-46-47-109-48-49-111-87-82(99)115-84(13,14)15/h21-23,26-27,30,32,50,54-61,67-68,71,74-78,81,96H,20,24-25,28-29,31,33-49,51-53H2,1-19H3,(H,85,97)(H,86,94)(H,87,99)/t56-,57?,58?,59+,60+,61?,67-,68-,71+,74-,75-,76+,77+,78?,81?/m0/s1. The number of benzene rings is 2. The molecule has 4 N–H and O–H groups in total. The summed E-state index contributed by atoms with van der Waals surface area (Å²) in [5.41, 5.74) is 2.82. The molecular formula is C84H138N6O25. The van der Waals surface area contributed by atoms with Gasteiger partial charge in [0.05, 0.1) is 153 Å². The van der Waals surface area contributed by atoms with Gasteiger partial charge in [0.2, 0.25) is 29.9 Å². The third-order valence-electron chi connectivity index (χ3n) is 20.9. The Morgan fingerprint density at radius 1 is 0.687 bits per heavy atom. The number of likely N-dealkylation sites (N-methyl/N-ethyl adjacent to an activating group) is 2. The second kappa shape index (κ2) is 53.4. The van der Waals surface area contributed by atoms with Gasteiger partial charge >= 0.3 is 18.2 Å². The fraction of sp³-hybridized carbons (Fsp3) is 0.750. The Kier molecular flexibility index (Phi) is 46.6. The molecule has 2 saturated heterocycles. The minimum atomic E-state index is -1.08. The van der Waals surface area contributed by atoms with E-state index in [2.05, 4.69) is 16.1 Å². The molecule has 0 bridgehead atoms. The number of ketones is 2. The first-order chi connectivity index (χ1) is 54.7. The summed E-state index contributed by atoms with van der Waals surface area (Å²) in [6.07, 6.45) is -4.07. The normalized spacial score (nSPS) is 19.4. The van der Waals surface area contributed by atoms with Crippen LogP contribution < -0.4 is 20.9 Å². The van der Waals surface area contributed by atoms with Crippen molar-refractivity contribution in [1.29, 1.82) is 0 Å². The van der Waals surface area contributed by atoms with E-state index in [0.717, 1.165) is 0 Å². The first-order valence-electron chi connectivity index (χ1n) is 40.8. The van der Waals surface area contributed by atoms with Crippen LogP contribution in [0.5, 0.6) is 5.75 Å². The van der Waals surface area contributed by atoms with Crippen LogP contribution in [0.3, 0.4) is 0 Å². The zero-order chi connectivity index (χ0) is 85.3. The van der Waals surface area contributed by atoms with Gasteiger partial charge in [-0.3, -0.25) is 38.4 Å². The number of carbonyl (C=O) groups excluding carboxylic acids is 9. The number of aliphatic hydroxyl groups excluding tert-OH is 1. The van der Waals surface area contributed by atoms with Crippen molar-refractivity contribution >= 4 is 59.0 Å². The zero-order valence-electron chi connectivity index (χ0n) is 71.9. The quantitative estimate of drug-likeness (QED) is 0.0207. The smallest absolute Gasteiger partial charge is 0.431 e. The Balaban J connectivity index is 1.28. The molecule has 0 aromatic heterocycles. The molecule has 5 unspecified atom stereocenters. The zero-order valence-corrected chi connectivity index (χ0v) is 71.9. The summed E-state index contributed by atoms with van der Waals surface area (Å²) in [5, 5.41) is 16.8. The number of amides is 6. The Morgan fingerprint density at radius 2 is 1.26 bits per heavy atom. The maximum absolute atomic E-state index is 15.1. The number of hydrogen-bond acceptors (Lipinski definition) is 25. The molecule has 31 heteroatoms. The average Bonchev–Trinajstić information content (AvgIpc) is 1.21. The second-order valence-corrected chi connectivity index (χ2v) is 31.5. The minimum absolute atomic E-state index is 0.0172. The molecule has 15 atom stereocenters. The largest absolute Gasteiger partial charge is 0.460 e. The summed E-state index contributed by atoms with van der Waals surface area (Å²) in [5.74, 6) is -4.92. The van der Waals surface area contributed by atoms with Crippen molar-refractivity contribution < 1.29 is 119 Å². The molecule has 2 fully saturated rings. The van der Waals surface area contributed by atoms with E-state index in [-0.39, 0.29) is 116 Å². The molecule has 31 nitrogen and oxygen atoms in total. The molecule has 2 aromatic rings. The van der Waals surface area contributed by atoms with Gasteiger partial charge in [0.1, 0.15) is 23.7 Å². The van der Waals surface area contributed by atoms with Crippen molar-refractivity contribution in [3.05, 3.63) is 59.7 Å². The molecule has 0 saturated carbocycles. The lowest BCUT2D eigenvalue weighted by atomic mass is 9.83. The van der Waals surface area contributed by atoms with Crippen LogP contribution in [0.1, 0.15) is 179 Å². The van der Waals surface area contributed by atoms with Gasteiger partial charge in [-0.05, 0) is 101 Å². The van der Waals surface area contributed by atoms with Gasteiger partial charge < -0.3 is 96.8 Å². The lowest BCUT2D eigenvalue weighted by molar-refractivity contribution is -0.243. The first kappa shape index (κ1) is 100. The van der Waals surface area contributed by atoms with Crippen LogP contribution in [0, 0.1) is 41.4 Å². The maximum atomic E-state index is 15.1. The fourth-order valence-corrected chi connectivity index (χ4v) is 14.0. The summed E-state index contributed by atoms with van der Waals surface area (Å²) in [4.78, 5) is 133. The monoisotopic (exact) mass is 1630 g/mol. The molecule has 0 radical (unpaired) electrons.